The minimum atomic E-state index is -4.86. The van der Waals surface area contributed by atoms with Crippen molar-refractivity contribution in [2.75, 3.05) is 13.2 Å². The molecule has 0 rings (SSSR count). The summed E-state index contributed by atoms with van der Waals surface area (Å²) in [6.07, 6.45) is -16.5. The van der Waals surface area contributed by atoms with Crippen LogP contribution in [0, 0.1) is 0 Å². The van der Waals surface area contributed by atoms with Gasteiger partial charge in [0.15, 0.2) is 12.4 Å². The molecule has 0 aliphatic rings. The quantitative estimate of drug-likeness (QED) is 0.0724. The summed E-state index contributed by atoms with van der Waals surface area (Å²) in [5.41, 5.74) is 0. The molecule has 0 fully saturated rings. The van der Waals surface area contributed by atoms with E-state index >= 15 is 0 Å². The summed E-state index contributed by atoms with van der Waals surface area (Å²) in [7, 11) is -9.67. The van der Waals surface area contributed by atoms with Crippen LogP contribution >= 0.6 is 15.6 Å². The summed E-state index contributed by atoms with van der Waals surface area (Å²) >= 11 is 0. The number of aliphatic hydroxyl groups excluding tert-OH is 8. The molecule has 0 spiro atoms. The Morgan fingerprint density at radius 2 is 1.03 bits per heavy atom. The predicted molar refractivity (Wildman–Crippen MR) is 97.7 cm³/mol. The number of carboxylic acids is 1. The van der Waals surface area contributed by atoms with Gasteiger partial charge in [-0.3, -0.25) is 9.05 Å². The highest BCUT2D eigenvalue weighted by Gasteiger charge is 2.35. The number of aliphatic hydroxyl groups is 8. The smallest absolute Gasteiger partial charge is 0.469 e. The lowest BCUT2D eigenvalue weighted by molar-refractivity contribution is -0.164. The second kappa shape index (κ2) is 15.1. The fourth-order valence-electron chi connectivity index (χ4n) is 1.61. The third kappa shape index (κ3) is 15.5. The van der Waals surface area contributed by atoms with Crippen molar-refractivity contribution in [1.29, 1.82) is 0 Å². The average molecular weight is 536 g/mol. The first kappa shape index (κ1) is 34.2. The maximum atomic E-state index is 10.2. The van der Waals surface area contributed by atoms with Gasteiger partial charge in [0, 0.05) is 0 Å². The number of aliphatic carboxylic acids is 1. The van der Waals surface area contributed by atoms with E-state index in [0.717, 1.165) is 0 Å². The fraction of sp³-hybridized carbons (Fsp3) is 0.833. The Kier molecular flexibility index (Phi) is 15.7. The molecule has 0 unspecified atom stereocenters. The lowest BCUT2D eigenvalue weighted by Crippen LogP contribution is -2.48. The Morgan fingerprint density at radius 3 is 1.30 bits per heavy atom. The molecule has 33 heavy (non-hydrogen) atoms. The van der Waals surface area contributed by atoms with Gasteiger partial charge in [-0.25, -0.2) is 13.9 Å². The number of aldehydes is 1. The summed E-state index contributed by atoms with van der Waals surface area (Å²) < 4.78 is 28.1. The summed E-state index contributed by atoms with van der Waals surface area (Å²) in [5, 5.41) is 80.5. The molecule has 0 bridgehead atoms. The van der Waals surface area contributed by atoms with Crippen molar-refractivity contribution in [2.24, 2.45) is 0 Å². The van der Waals surface area contributed by atoms with E-state index in [-0.39, 0.29) is 6.29 Å². The van der Waals surface area contributed by atoms with Crippen LogP contribution in [0.3, 0.4) is 0 Å². The van der Waals surface area contributed by atoms with Crippen molar-refractivity contribution >= 4 is 27.9 Å². The van der Waals surface area contributed by atoms with Gasteiger partial charge >= 0.3 is 21.6 Å². The second-order valence-electron chi connectivity index (χ2n) is 6.08. The SMILES string of the molecule is O=C(O)[C@H](O)[C@@H](O)[C@H](O)[C@H](O)COP(=O)(O)O.O=C[C@H](O)[C@@H](O)[C@H](O)[C@H](O)COP(=O)(O)O. The zero-order valence-electron chi connectivity index (χ0n) is 16.3. The third-order valence-electron chi connectivity index (χ3n) is 3.38. The zero-order valence-corrected chi connectivity index (χ0v) is 18.1. The monoisotopic (exact) mass is 536 g/mol. The minimum Gasteiger partial charge on any atom is -0.479 e. The molecule has 0 aliphatic heterocycles. The molecular formula is C12H26O19P2. The molecule has 0 saturated carbocycles. The molecule has 0 aliphatic carbocycles. The van der Waals surface area contributed by atoms with Crippen LogP contribution in [-0.4, -0.2) is 140 Å². The minimum absolute atomic E-state index is 0.0650. The third-order valence-corrected chi connectivity index (χ3v) is 4.35. The lowest BCUT2D eigenvalue weighted by Gasteiger charge is -2.24. The Labute approximate surface area is 184 Å². The number of rotatable bonds is 14. The molecule has 21 heteroatoms. The first-order chi connectivity index (χ1) is 14.7. The molecule has 0 amide bonds. The highest BCUT2D eigenvalue weighted by molar-refractivity contribution is 7.46. The Bertz CT molecular complexity index is 676. The van der Waals surface area contributed by atoms with E-state index in [2.05, 4.69) is 9.05 Å². The van der Waals surface area contributed by atoms with Crippen molar-refractivity contribution in [1.82, 2.24) is 0 Å². The molecule has 8 atom stereocenters. The first-order valence-electron chi connectivity index (χ1n) is 8.28. The molecule has 19 nitrogen and oxygen atoms in total. The van der Waals surface area contributed by atoms with Crippen LogP contribution < -0.4 is 0 Å². The Morgan fingerprint density at radius 1 is 0.697 bits per heavy atom. The number of phosphoric acid groups is 2. The summed E-state index contributed by atoms with van der Waals surface area (Å²) in [5.74, 6) is -1.83. The van der Waals surface area contributed by atoms with Gasteiger partial charge in [-0.15, -0.1) is 0 Å². The van der Waals surface area contributed by atoms with Gasteiger partial charge in [0.2, 0.25) is 0 Å². The number of hydrogen-bond donors (Lipinski definition) is 13. The maximum absolute atomic E-state index is 10.2. The topological polar surface area (TPSA) is 350 Å². The van der Waals surface area contributed by atoms with Crippen LogP contribution in [0.5, 0.6) is 0 Å². The highest BCUT2D eigenvalue weighted by atomic mass is 31.2. The normalized spacial score (nSPS) is 19.6. The maximum Gasteiger partial charge on any atom is 0.469 e. The zero-order chi connectivity index (χ0) is 26.7. The van der Waals surface area contributed by atoms with Gasteiger partial charge in [-0.1, -0.05) is 0 Å². The summed E-state index contributed by atoms with van der Waals surface area (Å²) in [6, 6.07) is 0. The van der Waals surface area contributed by atoms with E-state index in [1.807, 2.05) is 0 Å². The van der Waals surface area contributed by atoms with Gasteiger partial charge in [0.1, 0.15) is 42.7 Å². The molecule has 0 saturated heterocycles. The van der Waals surface area contributed by atoms with Crippen LogP contribution in [0.4, 0.5) is 0 Å². The molecule has 0 aromatic carbocycles. The van der Waals surface area contributed by atoms with Crippen molar-refractivity contribution in [3.63, 3.8) is 0 Å². The van der Waals surface area contributed by atoms with Crippen molar-refractivity contribution < 1.29 is 93.3 Å². The summed E-state index contributed by atoms with van der Waals surface area (Å²) in [4.78, 5) is 53.3. The average Bonchev–Trinajstić information content (AvgIpc) is 2.71. The summed E-state index contributed by atoms with van der Waals surface area (Å²) in [6.45, 7) is -2.01. The predicted octanol–water partition coefficient (Wildman–Crippen LogP) is -6.64. The Balaban J connectivity index is 0. The van der Waals surface area contributed by atoms with Crippen molar-refractivity contribution in [2.45, 2.75) is 48.8 Å². The number of hydrogen-bond acceptors (Lipinski definition) is 14. The standard InChI is InChI=1S/C6H13O10P.C6H13O9P/c7-2(1-16-17(13,14)15)3(8)4(9)5(10)6(11)12;7-1-3(8)5(10)6(11)4(9)2-15-16(12,13)14/h2-5,7-10H,1H2,(H,11,12)(H2,13,14,15);1,3-6,8-11H,2H2,(H2,12,13,14)/t2-,3-,4+,5-;3-,4+,5+,6+/m10/s1. The number of phosphoric ester groups is 2. The van der Waals surface area contributed by atoms with Crippen molar-refractivity contribution in [3.05, 3.63) is 0 Å². The molecule has 0 aromatic heterocycles. The van der Waals surface area contributed by atoms with Gasteiger partial charge in [0.25, 0.3) is 0 Å². The number of carboxylic acid groups (broad SMARTS) is 1. The van der Waals surface area contributed by atoms with E-state index in [1.165, 1.54) is 0 Å². The molecular weight excluding hydrogens is 510 g/mol. The van der Waals surface area contributed by atoms with E-state index in [9.17, 15) is 18.7 Å². The Hall–Kier alpha value is -0.960. The van der Waals surface area contributed by atoms with Crippen LogP contribution in [-0.2, 0) is 27.8 Å². The van der Waals surface area contributed by atoms with Gasteiger partial charge in [-0.05, 0) is 0 Å². The molecule has 198 valence electrons. The van der Waals surface area contributed by atoms with E-state index in [4.69, 9.17) is 65.5 Å². The van der Waals surface area contributed by atoms with E-state index in [0.29, 0.717) is 0 Å². The molecule has 0 aromatic rings. The fourth-order valence-corrected chi connectivity index (χ4v) is 2.31. The van der Waals surface area contributed by atoms with Crippen LogP contribution in [0.1, 0.15) is 0 Å². The van der Waals surface area contributed by atoms with E-state index < -0.39 is 83.7 Å². The van der Waals surface area contributed by atoms with Crippen LogP contribution in [0.15, 0.2) is 0 Å². The largest absolute Gasteiger partial charge is 0.479 e. The van der Waals surface area contributed by atoms with Crippen LogP contribution in [0.2, 0.25) is 0 Å². The van der Waals surface area contributed by atoms with Crippen molar-refractivity contribution in [3.8, 4) is 0 Å². The van der Waals surface area contributed by atoms with Gasteiger partial charge in [-0.2, -0.15) is 0 Å². The molecule has 0 radical (unpaired) electrons. The van der Waals surface area contributed by atoms with Gasteiger partial charge < -0.3 is 70.3 Å². The second-order valence-corrected chi connectivity index (χ2v) is 8.56. The van der Waals surface area contributed by atoms with E-state index in [1.54, 1.807) is 0 Å². The lowest BCUT2D eigenvalue weighted by atomic mass is 10.0. The highest BCUT2D eigenvalue weighted by Crippen LogP contribution is 2.36. The first-order valence-corrected chi connectivity index (χ1v) is 11.3. The molecule has 0 heterocycles. The van der Waals surface area contributed by atoms with Crippen LogP contribution in [0.25, 0.3) is 0 Å². The van der Waals surface area contributed by atoms with Gasteiger partial charge in [0.05, 0.1) is 13.2 Å². The number of carbonyl (C=O) groups is 2. The molecule has 13 N–H and O–H groups in total. The number of carbonyl (C=O) groups excluding carboxylic acids is 1.